The molecule has 0 saturated carbocycles. The molecule has 0 fully saturated rings. The van der Waals surface area contributed by atoms with E-state index in [0.29, 0.717) is 17.3 Å². The predicted octanol–water partition coefficient (Wildman–Crippen LogP) is 10.2. The van der Waals surface area contributed by atoms with Gasteiger partial charge in [0.05, 0.1) is 0 Å². The SMILES string of the molecule is C=CCc1c(C(C)C)cc(C(C)(C)C)c(CC=C)c1C(C)C.C=N/C=C(\C)S.CCC(C)(C)C.CN. The number of hydrogen-bond donors (Lipinski definition) is 2. The topological polar surface area (TPSA) is 38.4 Å². The molecule has 0 unspecified atom stereocenters. The average molecular weight is 517 g/mol. The van der Waals surface area contributed by atoms with Crippen LogP contribution in [0.4, 0.5) is 0 Å². The summed E-state index contributed by atoms with van der Waals surface area (Å²) in [5, 5.41) is 0. The van der Waals surface area contributed by atoms with Gasteiger partial charge in [-0.05, 0) is 88.9 Å². The van der Waals surface area contributed by atoms with Gasteiger partial charge in [0.1, 0.15) is 0 Å². The summed E-state index contributed by atoms with van der Waals surface area (Å²) >= 11 is 3.91. The van der Waals surface area contributed by atoms with Crippen LogP contribution in [0.3, 0.4) is 0 Å². The molecule has 2 nitrogen and oxygen atoms in total. The Morgan fingerprint density at radius 3 is 1.58 bits per heavy atom. The summed E-state index contributed by atoms with van der Waals surface area (Å²) in [5.74, 6) is 1.05. The molecule has 0 bridgehead atoms. The van der Waals surface area contributed by atoms with Crippen LogP contribution in [0.15, 0.2) is 47.5 Å². The molecule has 0 spiro atoms. The molecule has 0 heterocycles. The summed E-state index contributed by atoms with van der Waals surface area (Å²) < 4.78 is 0. The van der Waals surface area contributed by atoms with Crippen molar-refractivity contribution in [3.63, 3.8) is 0 Å². The number of aliphatic imine (C=N–C) groups is 1. The van der Waals surface area contributed by atoms with Crippen LogP contribution < -0.4 is 5.73 Å². The molecule has 0 aromatic heterocycles. The summed E-state index contributed by atoms with van der Waals surface area (Å²) in [7, 11) is 1.50. The van der Waals surface area contributed by atoms with E-state index in [1.54, 1.807) is 6.20 Å². The molecular formula is C33H60N2S. The standard InChI is InChI=1S/C22H34.C6H14.C4H7NS.CH5N/c1-10-12-17-19(15(3)4)14-20(22(7,8)9)18(13-11-2)21(17)16(5)6;1-5-6(2,3)4;1-4(6)3-5-2;1-2/h10-11,14-16H,1-2,12-13H2,3-9H3;5H2,1-4H3;3,6H,2H2,1H3;2H2,1H3/b;;4-3+;. The van der Waals surface area contributed by atoms with E-state index in [4.69, 9.17) is 0 Å². The molecule has 0 saturated heterocycles. The predicted molar refractivity (Wildman–Crippen MR) is 173 cm³/mol. The second-order valence-electron chi connectivity index (χ2n) is 11.8. The van der Waals surface area contributed by atoms with Crippen molar-refractivity contribution in [2.45, 2.75) is 120 Å². The van der Waals surface area contributed by atoms with Crippen LogP contribution >= 0.6 is 12.6 Å². The molecule has 0 amide bonds. The second kappa shape index (κ2) is 19.5. The van der Waals surface area contributed by atoms with Gasteiger partial charge in [0.25, 0.3) is 0 Å². The van der Waals surface area contributed by atoms with Gasteiger partial charge in [-0.15, -0.1) is 25.8 Å². The van der Waals surface area contributed by atoms with E-state index in [0.717, 1.165) is 17.7 Å². The van der Waals surface area contributed by atoms with Crippen molar-refractivity contribution >= 4 is 19.3 Å². The first kappa shape index (κ1) is 38.9. The zero-order valence-corrected chi connectivity index (χ0v) is 27.1. The molecule has 0 radical (unpaired) electrons. The molecule has 1 rings (SSSR count). The highest BCUT2D eigenvalue weighted by molar-refractivity contribution is 7.84. The Labute approximate surface area is 232 Å². The smallest absolute Gasteiger partial charge is 0.0350 e. The molecule has 1 aromatic rings. The lowest BCUT2D eigenvalue weighted by Crippen LogP contribution is -2.19. The van der Waals surface area contributed by atoms with Crippen molar-refractivity contribution in [3.05, 3.63) is 70.3 Å². The first-order chi connectivity index (χ1) is 16.5. The molecule has 0 atom stereocenters. The van der Waals surface area contributed by atoms with Crippen LogP contribution in [0.5, 0.6) is 0 Å². The maximum Gasteiger partial charge on any atom is 0.0350 e. The van der Waals surface area contributed by atoms with E-state index in [2.05, 4.69) is 125 Å². The van der Waals surface area contributed by atoms with Crippen molar-refractivity contribution in [3.8, 4) is 0 Å². The van der Waals surface area contributed by atoms with Gasteiger partial charge >= 0.3 is 0 Å². The number of allylic oxidation sites excluding steroid dienone is 3. The highest BCUT2D eigenvalue weighted by Crippen LogP contribution is 2.38. The number of rotatable bonds is 7. The Balaban J connectivity index is -0.000000638. The lowest BCUT2D eigenvalue weighted by Gasteiger charge is -2.31. The van der Waals surface area contributed by atoms with Gasteiger partial charge in [-0.2, -0.15) is 0 Å². The third-order valence-electron chi connectivity index (χ3n) is 5.67. The number of benzene rings is 1. The Morgan fingerprint density at radius 2 is 1.36 bits per heavy atom. The van der Waals surface area contributed by atoms with Crippen LogP contribution in [-0.2, 0) is 18.3 Å². The highest BCUT2D eigenvalue weighted by Gasteiger charge is 2.25. The molecule has 208 valence electrons. The van der Waals surface area contributed by atoms with Crippen molar-refractivity contribution < 1.29 is 0 Å². The fourth-order valence-electron chi connectivity index (χ4n) is 3.56. The quantitative estimate of drug-likeness (QED) is 0.211. The van der Waals surface area contributed by atoms with Crippen molar-refractivity contribution in [2.75, 3.05) is 7.05 Å². The van der Waals surface area contributed by atoms with Gasteiger partial charge in [-0.1, -0.05) is 101 Å². The highest BCUT2D eigenvalue weighted by atomic mass is 32.1. The Kier molecular flexibility index (Phi) is 21.1. The summed E-state index contributed by atoms with van der Waals surface area (Å²) in [5.41, 5.74) is 12.7. The van der Waals surface area contributed by atoms with Crippen molar-refractivity contribution in [2.24, 2.45) is 16.1 Å². The van der Waals surface area contributed by atoms with Crippen LogP contribution in [0.2, 0.25) is 0 Å². The minimum atomic E-state index is 0.151. The molecule has 1 aromatic carbocycles. The number of nitrogens with zero attached hydrogens (tertiary/aromatic N) is 1. The number of nitrogens with two attached hydrogens (primary N) is 1. The first-order valence-electron chi connectivity index (χ1n) is 13.3. The third kappa shape index (κ3) is 16.2. The van der Waals surface area contributed by atoms with Crippen LogP contribution in [0.1, 0.15) is 129 Å². The van der Waals surface area contributed by atoms with Gasteiger partial charge in [-0.3, -0.25) is 4.99 Å². The molecular weight excluding hydrogens is 456 g/mol. The minimum Gasteiger partial charge on any atom is -0.333 e. The third-order valence-corrected chi connectivity index (χ3v) is 5.78. The zero-order chi connectivity index (χ0) is 29.3. The van der Waals surface area contributed by atoms with E-state index in [9.17, 15) is 0 Å². The van der Waals surface area contributed by atoms with Crippen molar-refractivity contribution in [1.82, 2.24) is 0 Å². The average Bonchev–Trinajstić information content (AvgIpc) is 2.74. The Hall–Kier alpha value is -1.58. The normalized spacial score (nSPS) is 11.4. The number of thiol groups is 1. The maximum atomic E-state index is 4.50. The lowest BCUT2D eigenvalue weighted by molar-refractivity contribution is 0.398. The summed E-state index contributed by atoms with van der Waals surface area (Å²) in [6, 6.07) is 2.45. The van der Waals surface area contributed by atoms with E-state index >= 15 is 0 Å². The molecule has 3 heteroatoms. The second-order valence-corrected chi connectivity index (χ2v) is 12.5. The van der Waals surface area contributed by atoms with E-state index in [-0.39, 0.29) is 5.41 Å². The van der Waals surface area contributed by atoms with Gasteiger partial charge in [0.2, 0.25) is 0 Å². The molecule has 36 heavy (non-hydrogen) atoms. The number of hydrogen-bond acceptors (Lipinski definition) is 3. The summed E-state index contributed by atoms with van der Waals surface area (Å²) in [6.45, 7) is 38.1. The summed E-state index contributed by atoms with van der Waals surface area (Å²) in [4.78, 5) is 4.33. The largest absolute Gasteiger partial charge is 0.333 e. The molecule has 0 aliphatic heterocycles. The Morgan fingerprint density at radius 1 is 0.944 bits per heavy atom. The lowest BCUT2D eigenvalue weighted by atomic mass is 9.74. The fourth-order valence-corrected chi connectivity index (χ4v) is 3.64. The van der Waals surface area contributed by atoms with E-state index < -0.39 is 0 Å². The Bertz CT molecular complexity index is 796. The summed E-state index contributed by atoms with van der Waals surface area (Å²) in [6.07, 6.45) is 8.85. The monoisotopic (exact) mass is 516 g/mol. The van der Waals surface area contributed by atoms with E-state index in [1.807, 2.05) is 19.1 Å². The van der Waals surface area contributed by atoms with Crippen LogP contribution in [-0.4, -0.2) is 13.8 Å². The molecule has 0 aliphatic rings. The maximum absolute atomic E-state index is 4.50. The molecule has 0 aliphatic carbocycles. The van der Waals surface area contributed by atoms with Crippen LogP contribution in [0, 0.1) is 5.41 Å². The fraction of sp³-hybridized carbons (Fsp3) is 0.606. The minimum absolute atomic E-state index is 0.151. The van der Waals surface area contributed by atoms with Gasteiger partial charge in [-0.25, -0.2) is 0 Å². The van der Waals surface area contributed by atoms with Gasteiger partial charge in [0, 0.05) is 6.20 Å². The van der Waals surface area contributed by atoms with Crippen LogP contribution in [0.25, 0.3) is 0 Å². The van der Waals surface area contributed by atoms with E-state index in [1.165, 1.54) is 41.3 Å². The van der Waals surface area contributed by atoms with Crippen molar-refractivity contribution in [1.29, 1.82) is 0 Å². The van der Waals surface area contributed by atoms with Gasteiger partial charge in [0.15, 0.2) is 0 Å². The molecule has 2 N–H and O–H groups in total. The first-order valence-corrected chi connectivity index (χ1v) is 13.7. The van der Waals surface area contributed by atoms with Gasteiger partial charge < -0.3 is 5.73 Å². The zero-order valence-electron chi connectivity index (χ0n) is 26.2.